The van der Waals surface area contributed by atoms with Crippen molar-refractivity contribution >= 4 is 17.6 Å². The Labute approximate surface area is 160 Å². The number of hydrogen-bond donors (Lipinski definition) is 0. The van der Waals surface area contributed by atoms with Gasteiger partial charge in [0.05, 0.1) is 25.8 Å². The van der Waals surface area contributed by atoms with E-state index in [0.29, 0.717) is 37.1 Å². The van der Waals surface area contributed by atoms with Gasteiger partial charge in [0.15, 0.2) is 0 Å². The maximum Gasteiger partial charge on any atom is 0.306 e. The van der Waals surface area contributed by atoms with Crippen molar-refractivity contribution in [1.29, 1.82) is 0 Å². The minimum atomic E-state index is -0.193. The number of aryl methyl sites for hydroxylation is 1. The van der Waals surface area contributed by atoms with Crippen molar-refractivity contribution in [2.75, 3.05) is 20.2 Å². The van der Waals surface area contributed by atoms with Gasteiger partial charge >= 0.3 is 5.97 Å². The molecule has 1 aromatic carbocycles. The molecule has 1 heterocycles. The number of aromatic nitrogens is 2. The number of rotatable bonds is 9. The van der Waals surface area contributed by atoms with Crippen LogP contribution in [0, 0.1) is 12.8 Å². The minimum absolute atomic E-state index is 0.193. The van der Waals surface area contributed by atoms with Crippen LogP contribution in [-0.2, 0) is 22.6 Å². The fourth-order valence-electron chi connectivity index (χ4n) is 2.96. The van der Waals surface area contributed by atoms with Gasteiger partial charge in [0.2, 0.25) is 0 Å². The summed E-state index contributed by atoms with van der Waals surface area (Å²) >= 11 is 6.63. The molecule has 0 aliphatic heterocycles. The summed E-state index contributed by atoms with van der Waals surface area (Å²) in [7, 11) is 1.42. The van der Waals surface area contributed by atoms with Crippen molar-refractivity contribution in [2.45, 2.75) is 40.3 Å². The second-order valence-corrected chi connectivity index (χ2v) is 7.31. The van der Waals surface area contributed by atoms with Crippen molar-refractivity contribution in [3.63, 3.8) is 0 Å². The van der Waals surface area contributed by atoms with Crippen molar-refractivity contribution in [2.24, 2.45) is 5.92 Å². The molecule has 26 heavy (non-hydrogen) atoms. The van der Waals surface area contributed by atoms with Crippen LogP contribution in [0.4, 0.5) is 0 Å². The van der Waals surface area contributed by atoms with Crippen LogP contribution < -0.4 is 0 Å². The van der Waals surface area contributed by atoms with Gasteiger partial charge < -0.3 is 4.74 Å². The molecule has 2 aromatic rings. The summed E-state index contributed by atoms with van der Waals surface area (Å²) in [6.07, 6.45) is 0.373. The molecule has 2 rings (SSSR count). The van der Waals surface area contributed by atoms with Gasteiger partial charge in [0.1, 0.15) is 5.15 Å². The van der Waals surface area contributed by atoms with Gasteiger partial charge in [-0.1, -0.05) is 55.8 Å². The highest BCUT2D eigenvalue weighted by molar-refractivity contribution is 6.30. The summed E-state index contributed by atoms with van der Waals surface area (Å²) in [5, 5.41) is 5.28. The standard InChI is InChI=1S/C20H28ClN3O2/c1-15(2)12-23(11-10-19(25)26-4)14-18-16(3)22-24(20(18)21)13-17-8-6-5-7-9-17/h5-9,15H,10-14H2,1-4H3. The highest BCUT2D eigenvalue weighted by atomic mass is 35.5. The molecule has 5 nitrogen and oxygen atoms in total. The molecular formula is C20H28ClN3O2. The van der Waals surface area contributed by atoms with Crippen LogP contribution in [0.25, 0.3) is 0 Å². The molecule has 6 heteroatoms. The molecule has 0 aliphatic rings. The number of halogens is 1. The molecule has 0 fully saturated rings. The number of hydrogen-bond acceptors (Lipinski definition) is 4. The number of nitrogens with zero attached hydrogens (tertiary/aromatic N) is 3. The Balaban J connectivity index is 2.13. The van der Waals surface area contributed by atoms with Crippen LogP contribution in [0.2, 0.25) is 5.15 Å². The van der Waals surface area contributed by atoms with E-state index < -0.39 is 0 Å². The van der Waals surface area contributed by atoms with E-state index in [1.165, 1.54) is 7.11 Å². The Hall–Kier alpha value is -1.85. The lowest BCUT2D eigenvalue weighted by Gasteiger charge is -2.23. The maximum absolute atomic E-state index is 11.5. The lowest BCUT2D eigenvalue weighted by molar-refractivity contribution is -0.141. The SMILES string of the molecule is COC(=O)CCN(Cc1c(C)nn(Cc2ccccc2)c1Cl)CC(C)C. The second kappa shape index (κ2) is 9.74. The first kappa shape index (κ1) is 20.5. The van der Waals surface area contributed by atoms with Gasteiger partial charge in [-0.05, 0) is 18.4 Å². The first-order valence-electron chi connectivity index (χ1n) is 8.95. The summed E-state index contributed by atoms with van der Waals surface area (Å²) in [6.45, 7) is 9.16. The molecule has 0 bridgehead atoms. The quantitative estimate of drug-likeness (QED) is 0.621. The molecule has 0 saturated carbocycles. The summed E-state index contributed by atoms with van der Waals surface area (Å²) in [4.78, 5) is 13.7. The van der Waals surface area contributed by atoms with Crippen LogP contribution in [-0.4, -0.2) is 40.8 Å². The Morgan fingerprint density at radius 2 is 2.00 bits per heavy atom. The van der Waals surface area contributed by atoms with Gasteiger partial charge in [-0.15, -0.1) is 0 Å². The number of benzene rings is 1. The summed E-state index contributed by atoms with van der Waals surface area (Å²) in [5.74, 6) is 0.299. The van der Waals surface area contributed by atoms with Gasteiger partial charge in [-0.2, -0.15) is 5.10 Å². The predicted molar refractivity (Wildman–Crippen MR) is 104 cm³/mol. The largest absolute Gasteiger partial charge is 0.469 e. The molecule has 142 valence electrons. The van der Waals surface area contributed by atoms with Crippen molar-refractivity contribution in [3.8, 4) is 0 Å². The zero-order valence-electron chi connectivity index (χ0n) is 16.0. The second-order valence-electron chi connectivity index (χ2n) is 6.95. The van der Waals surface area contributed by atoms with Crippen molar-refractivity contribution < 1.29 is 9.53 Å². The molecule has 1 aromatic heterocycles. The first-order valence-corrected chi connectivity index (χ1v) is 9.33. The molecular weight excluding hydrogens is 350 g/mol. The summed E-state index contributed by atoms with van der Waals surface area (Å²) in [5.41, 5.74) is 3.11. The van der Waals surface area contributed by atoms with Gasteiger partial charge in [0, 0.05) is 25.2 Å². The zero-order valence-corrected chi connectivity index (χ0v) is 16.8. The number of esters is 1. The Morgan fingerprint density at radius 1 is 1.31 bits per heavy atom. The van der Waals surface area contributed by atoms with Gasteiger partial charge in [-0.25, -0.2) is 4.68 Å². The van der Waals surface area contributed by atoms with Crippen LogP contribution in [0.3, 0.4) is 0 Å². The van der Waals surface area contributed by atoms with Crippen LogP contribution in [0.15, 0.2) is 30.3 Å². The molecule has 0 N–H and O–H groups in total. The van der Waals surface area contributed by atoms with Crippen LogP contribution in [0.1, 0.15) is 37.1 Å². The lowest BCUT2D eigenvalue weighted by Crippen LogP contribution is -2.30. The first-order chi connectivity index (χ1) is 12.4. The third kappa shape index (κ3) is 5.85. The van der Waals surface area contributed by atoms with E-state index >= 15 is 0 Å². The Kier molecular flexibility index (Phi) is 7.66. The Bertz CT molecular complexity index is 713. The number of carbonyl (C=O) groups excluding carboxylic acids is 1. The van der Waals surface area contributed by atoms with Gasteiger partial charge in [0.25, 0.3) is 0 Å². The molecule has 0 saturated heterocycles. The van der Waals surface area contributed by atoms with Crippen molar-refractivity contribution in [3.05, 3.63) is 52.3 Å². The third-order valence-electron chi connectivity index (χ3n) is 4.22. The monoisotopic (exact) mass is 377 g/mol. The van der Waals surface area contributed by atoms with E-state index in [4.69, 9.17) is 16.3 Å². The maximum atomic E-state index is 11.5. The molecule has 0 radical (unpaired) electrons. The normalized spacial score (nSPS) is 11.3. The van der Waals surface area contributed by atoms with Crippen LogP contribution in [0.5, 0.6) is 0 Å². The zero-order chi connectivity index (χ0) is 19.1. The molecule has 0 spiro atoms. The highest BCUT2D eigenvalue weighted by Gasteiger charge is 2.18. The molecule has 0 unspecified atom stereocenters. The minimum Gasteiger partial charge on any atom is -0.469 e. The van der Waals surface area contributed by atoms with E-state index in [1.807, 2.05) is 29.8 Å². The van der Waals surface area contributed by atoms with Gasteiger partial charge in [-0.3, -0.25) is 9.69 Å². The topological polar surface area (TPSA) is 47.4 Å². The van der Waals surface area contributed by atoms with Crippen molar-refractivity contribution in [1.82, 2.24) is 14.7 Å². The average molecular weight is 378 g/mol. The number of methoxy groups -OCH3 is 1. The third-order valence-corrected chi connectivity index (χ3v) is 4.65. The van der Waals surface area contributed by atoms with E-state index in [9.17, 15) is 4.79 Å². The predicted octanol–water partition coefficient (Wildman–Crippen LogP) is 3.91. The lowest BCUT2D eigenvalue weighted by atomic mass is 10.1. The fourth-order valence-corrected chi connectivity index (χ4v) is 3.25. The van der Waals surface area contributed by atoms with E-state index in [2.05, 4.69) is 36.0 Å². The molecule has 0 atom stereocenters. The molecule has 0 amide bonds. The molecule has 0 aliphatic carbocycles. The Morgan fingerprint density at radius 3 is 2.62 bits per heavy atom. The number of ether oxygens (including phenoxy) is 1. The van der Waals surface area contributed by atoms with E-state index in [-0.39, 0.29) is 5.97 Å². The van der Waals surface area contributed by atoms with Crippen LogP contribution >= 0.6 is 11.6 Å². The smallest absolute Gasteiger partial charge is 0.306 e. The highest BCUT2D eigenvalue weighted by Crippen LogP contribution is 2.23. The summed E-state index contributed by atoms with van der Waals surface area (Å²) in [6, 6.07) is 10.1. The number of carbonyl (C=O) groups is 1. The summed E-state index contributed by atoms with van der Waals surface area (Å²) < 4.78 is 6.61. The van der Waals surface area contributed by atoms with E-state index in [0.717, 1.165) is 23.4 Å². The average Bonchev–Trinajstić information content (AvgIpc) is 2.87. The van der Waals surface area contributed by atoms with E-state index in [1.54, 1.807) is 0 Å². The fraction of sp³-hybridized carbons (Fsp3) is 0.500.